The number of aromatic nitrogens is 1. The molecule has 1 heterocycles. The van der Waals surface area contributed by atoms with Gasteiger partial charge in [-0.25, -0.2) is 0 Å². The molecule has 0 saturated heterocycles. The Hall–Kier alpha value is -1.59. The van der Waals surface area contributed by atoms with Crippen molar-refractivity contribution in [3.63, 3.8) is 0 Å². The molecule has 2 aromatic rings. The number of thiazole rings is 1. The molecular weight excluding hydrogens is 236 g/mol. The first kappa shape index (κ1) is 11.9. The van der Waals surface area contributed by atoms with Gasteiger partial charge >= 0.3 is 0 Å². The SMILES string of the molecule is COc1ccc(OCc2cncs2)c(CN)c1. The number of hydrogen-bond donors (Lipinski definition) is 1. The molecule has 90 valence electrons. The zero-order valence-electron chi connectivity index (χ0n) is 9.55. The molecule has 1 aromatic carbocycles. The minimum Gasteiger partial charge on any atom is -0.497 e. The first-order valence-electron chi connectivity index (χ1n) is 5.20. The molecule has 1 aromatic heterocycles. The van der Waals surface area contributed by atoms with Crippen LogP contribution in [0, 0.1) is 0 Å². The number of rotatable bonds is 5. The Morgan fingerprint density at radius 1 is 1.41 bits per heavy atom. The van der Waals surface area contributed by atoms with Crippen molar-refractivity contribution in [1.82, 2.24) is 4.98 Å². The Kier molecular flexibility index (Phi) is 3.95. The second kappa shape index (κ2) is 5.65. The molecule has 4 nitrogen and oxygen atoms in total. The Morgan fingerprint density at radius 3 is 2.94 bits per heavy atom. The monoisotopic (exact) mass is 250 g/mol. The topological polar surface area (TPSA) is 57.4 Å². The van der Waals surface area contributed by atoms with Crippen LogP contribution in [0.15, 0.2) is 29.9 Å². The second-order valence-corrected chi connectivity index (χ2v) is 4.41. The van der Waals surface area contributed by atoms with Gasteiger partial charge in [-0.15, -0.1) is 11.3 Å². The lowest BCUT2D eigenvalue weighted by molar-refractivity contribution is 0.305. The normalized spacial score (nSPS) is 10.2. The van der Waals surface area contributed by atoms with Crippen molar-refractivity contribution >= 4 is 11.3 Å². The molecule has 0 saturated carbocycles. The number of hydrogen-bond acceptors (Lipinski definition) is 5. The van der Waals surface area contributed by atoms with Crippen LogP contribution in [0.4, 0.5) is 0 Å². The van der Waals surface area contributed by atoms with Crippen LogP contribution in [0.5, 0.6) is 11.5 Å². The maximum atomic E-state index is 5.71. The van der Waals surface area contributed by atoms with E-state index in [0.29, 0.717) is 13.2 Å². The van der Waals surface area contributed by atoms with Gasteiger partial charge in [0.2, 0.25) is 0 Å². The lowest BCUT2D eigenvalue weighted by Crippen LogP contribution is -2.02. The summed E-state index contributed by atoms with van der Waals surface area (Å²) in [5, 5.41) is 0. The minimum atomic E-state index is 0.426. The number of nitrogens with two attached hydrogens (primary N) is 1. The van der Waals surface area contributed by atoms with Crippen LogP contribution in [-0.2, 0) is 13.2 Å². The van der Waals surface area contributed by atoms with Crippen LogP contribution in [-0.4, -0.2) is 12.1 Å². The van der Waals surface area contributed by atoms with Crippen LogP contribution in [0.2, 0.25) is 0 Å². The summed E-state index contributed by atoms with van der Waals surface area (Å²) in [5.41, 5.74) is 8.40. The molecule has 0 radical (unpaired) electrons. The Morgan fingerprint density at radius 2 is 2.29 bits per heavy atom. The summed E-state index contributed by atoms with van der Waals surface area (Å²) in [7, 11) is 1.63. The molecule has 0 amide bonds. The molecule has 0 aliphatic rings. The predicted molar refractivity (Wildman–Crippen MR) is 67.3 cm³/mol. The smallest absolute Gasteiger partial charge is 0.124 e. The molecule has 0 unspecified atom stereocenters. The summed E-state index contributed by atoms with van der Waals surface area (Å²) in [6, 6.07) is 5.63. The first-order chi connectivity index (χ1) is 8.33. The average molecular weight is 250 g/mol. The van der Waals surface area contributed by atoms with Gasteiger partial charge in [0.05, 0.1) is 17.5 Å². The van der Waals surface area contributed by atoms with E-state index in [2.05, 4.69) is 4.98 Å². The third-order valence-corrected chi connectivity index (χ3v) is 3.09. The van der Waals surface area contributed by atoms with Crippen LogP contribution < -0.4 is 15.2 Å². The van der Waals surface area contributed by atoms with Crippen LogP contribution >= 0.6 is 11.3 Å². The van der Waals surface area contributed by atoms with Crippen molar-refractivity contribution in [2.24, 2.45) is 5.73 Å². The van der Waals surface area contributed by atoms with Crippen LogP contribution in [0.1, 0.15) is 10.4 Å². The van der Waals surface area contributed by atoms with Crippen molar-refractivity contribution < 1.29 is 9.47 Å². The van der Waals surface area contributed by atoms with E-state index in [-0.39, 0.29) is 0 Å². The minimum absolute atomic E-state index is 0.426. The Balaban J connectivity index is 2.09. The number of ether oxygens (including phenoxy) is 2. The summed E-state index contributed by atoms with van der Waals surface area (Å²) >= 11 is 1.57. The van der Waals surface area contributed by atoms with Gasteiger partial charge < -0.3 is 15.2 Å². The van der Waals surface area contributed by atoms with E-state index < -0.39 is 0 Å². The summed E-state index contributed by atoms with van der Waals surface area (Å²) in [6.07, 6.45) is 1.80. The van der Waals surface area contributed by atoms with Gasteiger partial charge in [-0.1, -0.05) is 0 Å². The van der Waals surface area contributed by atoms with Gasteiger partial charge in [0.15, 0.2) is 0 Å². The predicted octanol–water partition coefficient (Wildman–Crippen LogP) is 2.19. The van der Waals surface area contributed by atoms with Crippen molar-refractivity contribution in [1.29, 1.82) is 0 Å². The molecule has 2 rings (SSSR count). The van der Waals surface area contributed by atoms with E-state index in [1.165, 1.54) is 0 Å². The fraction of sp³-hybridized carbons (Fsp3) is 0.250. The van der Waals surface area contributed by atoms with Crippen LogP contribution in [0.25, 0.3) is 0 Å². The fourth-order valence-corrected chi connectivity index (χ4v) is 1.95. The third-order valence-electron chi connectivity index (χ3n) is 2.34. The quantitative estimate of drug-likeness (QED) is 0.883. The summed E-state index contributed by atoms with van der Waals surface area (Å²) in [6.45, 7) is 0.944. The highest BCUT2D eigenvalue weighted by atomic mass is 32.1. The van der Waals surface area contributed by atoms with Crippen molar-refractivity contribution in [2.75, 3.05) is 7.11 Å². The maximum absolute atomic E-state index is 5.71. The number of benzene rings is 1. The van der Waals surface area contributed by atoms with E-state index in [1.54, 1.807) is 30.2 Å². The van der Waals surface area contributed by atoms with Gasteiger partial charge in [-0.2, -0.15) is 0 Å². The Labute approximate surface area is 104 Å². The summed E-state index contributed by atoms with van der Waals surface area (Å²) in [5.74, 6) is 1.58. The zero-order chi connectivity index (χ0) is 12.1. The summed E-state index contributed by atoms with van der Waals surface area (Å²) < 4.78 is 10.8. The van der Waals surface area contributed by atoms with E-state index in [0.717, 1.165) is 21.9 Å². The highest BCUT2D eigenvalue weighted by Crippen LogP contribution is 2.24. The fourth-order valence-electron chi connectivity index (χ4n) is 1.45. The van der Waals surface area contributed by atoms with Gasteiger partial charge in [0.25, 0.3) is 0 Å². The van der Waals surface area contributed by atoms with Gasteiger partial charge in [-0.3, -0.25) is 4.98 Å². The van der Waals surface area contributed by atoms with Crippen LogP contribution in [0.3, 0.4) is 0 Å². The van der Waals surface area contributed by atoms with Crippen molar-refractivity contribution in [3.05, 3.63) is 40.3 Å². The molecule has 5 heteroatoms. The maximum Gasteiger partial charge on any atom is 0.124 e. The lowest BCUT2D eigenvalue weighted by atomic mass is 10.2. The van der Waals surface area contributed by atoms with E-state index in [4.69, 9.17) is 15.2 Å². The number of nitrogens with zero attached hydrogens (tertiary/aromatic N) is 1. The largest absolute Gasteiger partial charge is 0.497 e. The Bertz CT molecular complexity index is 471. The molecule has 0 spiro atoms. The molecular formula is C12H14N2O2S. The standard InChI is InChI=1S/C12H14N2O2S/c1-15-10-2-3-12(9(4-10)5-13)16-7-11-6-14-8-17-11/h2-4,6,8H,5,7,13H2,1H3. The second-order valence-electron chi connectivity index (χ2n) is 3.43. The lowest BCUT2D eigenvalue weighted by Gasteiger charge is -2.10. The molecule has 0 bridgehead atoms. The van der Waals surface area contributed by atoms with Crippen molar-refractivity contribution in [2.45, 2.75) is 13.2 Å². The average Bonchev–Trinajstić information content (AvgIpc) is 2.89. The van der Waals surface area contributed by atoms with Gasteiger partial charge in [0, 0.05) is 18.3 Å². The molecule has 0 aliphatic carbocycles. The van der Waals surface area contributed by atoms with E-state index in [9.17, 15) is 0 Å². The zero-order valence-corrected chi connectivity index (χ0v) is 10.4. The number of methoxy groups -OCH3 is 1. The third kappa shape index (κ3) is 2.95. The van der Waals surface area contributed by atoms with Gasteiger partial charge in [-0.05, 0) is 18.2 Å². The first-order valence-corrected chi connectivity index (χ1v) is 6.08. The summed E-state index contributed by atoms with van der Waals surface area (Å²) in [4.78, 5) is 5.09. The van der Waals surface area contributed by atoms with Gasteiger partial charge in [0.1, 0.15) is 18.1 Å². The molecule has 0 fully saturated rings. The van der Waals surface area contributed by atoms with E-state index >= 15 is 0 Å². The van der Waals surface area contributed by atoms with Crippen molar-refractivity contribution in [3.8, 4) is 11.5 Å². The highest BCUT2D eigenvalue weighted by molar-refractivity contribution is 7.09. The van der Waals surface area contributed by atoms with E-state index in [1.807, 2.05) is 18.2 Å². The highest BCUT2D eigenvalue weighted by Gasteiger charge is 2.05. The molecule has 17 heavy (non-hydrogen) atoms. The molecule has 2 N–H and O–H groups in total. The molecule has 0 atom stereocenters. The molecule has 0 aliphatic heterocycles.